The molecule has 0 unspecified atom stereocenters. The zero-order valence-electron chi connectivity index (χ0n) is 15.5. The predicted molar refractivity (Wildman–Crippen MR) is 103 cm³/mol. The molecule has 0 spiro atoms. The molecule has 0 aliphatic carbocycles. The van der Waals surface area contributed by atoms with Gasteiger partial charge in [0.05, 0.1) is 16.5 Å². The number of benzene rings is 2. The number of fused-ring (bicyclic) bond motifs is 1. The van der Waals surface area contributed by atoms with Gasteiger partial charge in [-0.25, -0.2) is 4.79 Å². The third kappa shape index (κ3) is 3.46. The molecule has 0 radical (unpaired) electrons. The van der Waals surface area contributed by atoms with Crippen LogP contribution in [0.3, 0.4) is 0 Å². The lowest BCUT2D eigenvalue weighted by Crippen LogP contribution is -2.25. The largest absolute Gasteiger partial charge is 0.479 e. The number of hydrogen-bond acceptors (Lipinski definition) is 4. The number of ketones is 1. The number of nitrogens with zero attached hydrogens (tertiary/aromatic N) is 1. The van der Waals surface area contributed by atoms with E-state index in [9.17, 15) is 14.4 Å². The predicted octanol–water partition coefficient (Wildman–Crippen LogP) is 2.52. The van der Waals surface area contributed by atoms with Crippen LogP contribution in [0, 0.1) is 6.92 Å². The molecule has 1 aromatic heterocycles. The van der Waals surface area contributed by atoms with Gasteiger partial charge in [-0.15, -0.1) is 0 Å². The molecule has 0 saturated carbocycles. The Labute approximate surface area is 161 Å². The maximum absolute atomic E-state index is 12.6. The van der Waals surface area contributed by atoms with Crippen LogP contribution in [-0.4, -0.2) is 33.4 Å². The van der Waals surface area contributed by atoms with Gasteiger partial charge in [-0.2, -0.15) is 0 Å². The molecule has 0 aliphatic heterocycles. The number of amides is 1. The minimum absolute atomic E-state index is 0.131. The Balaban J connectivity index is 2.25. The first kappa shape index (κ1) is 19.2. The summed E-state index contributed by atoms with van der Waals surface area (Å²) in [6, 6.07) is 14.7. The quantitative estimate of drug-likeness (QED) is 0.483. The van der Waals surface area contributed by atoms with E-state index < -0.39 is 23.8 Å². The third-order valence-corrected chi connectivity index (χ3v) is 4.60. The average Bonchev–Trinajstić information content (AvgIpc) is 2.94. The number of ether oxygens (including phenoxy) is 1. The molecule has 7 nitrogen and oxygen atoms in total. The van der Waals surface area contributed by atoms with E-state index in [4.69, 9.17) is 15.6 Å². The van der Waals surface area contributed by atoms with Gasteiger partial charge in [0.2, 0.25) is 0 Å². The first-order valence-electron chi connectivity index (χ1n) is 8.70. The fraction of sp³-hybridized carbons (Fsp3) is 0.190. The Kier molecular flexibility index (Phi) is 5.17. The summed E-state index contributed by atoms with van der Waals surface area (Å²) in [7, 11) is 0. The Morgan fingerprint density at radius 1 is 1.11 bits per heavy atom. The summed E-state index contributed by atoms with van der Waals surface area (Å²) in [5.41, 5.74) is 7.60. The van der Waals surface area contributed by atoms with Gasteiger partial charge in [-0.3, -0.25) is 9.59 Å². The summed E-state index contributed by atoms with van der Waals surface area (Å²) in [5, 5.41) is 9.55. The van der Waals surface area contributed by atoms with Crippen LogP contribution in [0.4, 0.5) is 0 Å². The molecule has 3 N–H and O–H groups in total. The summed E-state index contributed by atoms with van der Waals surface area (Å²) in [6.07, 6.45) is -1.13. The molecule has 28 heavy (non-hydrogen) atoms. The Hall–Kier alpha value is -3.61. The number of carboxylic acids is 1. The van der Waals surface area contributed by atoms with Crippen LogP contribution in [-0.2, 0) is 16.1 Å². The molecular formula is C21H20N2O5. The minimum atomic E-state index is -1.14. The van der Waals surface area contributed by atoms with Crippen molar-refractivity contribution in [2.45, 2.75) is 26.5 Å². The number of rotatable bonds is 7. The van der Waals surface area contributed by atoms with Gasteiger partial charge in [-0.05, 0) is 31.5 Å². The van der Waals surface area contributed by atoms with Crippen molar-refractivity contribution in [2.24, 2.45) is 5.73 Å². The highest BCUT2D eigenvalue weighted by Gasteiger charge is 2.27. The topological polar surface area (TPSA) is 112 Å². The number of hydrogen-bond donors (Lipinski definition) is 2. The van der Waals surface area contributed by atoms with Crippen molar-refractivity contribution >= 4 is 28.6 Å². The molecule has 0 fully saturated rings. The van der Waals surface area contributed by atoms with Gasteiger partial charge in [0.15, 0.2) is 6.10 Å². The second-order valence-electron chi connectivity index (χ2n) is 6.47. The first-order chi connectivity index (χ1) is 13.3. The normalized spacial score (nSPS) is 11.9. The SMILES string of the molecule is Cc1c(C(=O)C(N)=O)c2c(O[C@H](C)C(=O)O)cccc2n1Cc1ccccc1. The number of aliphatic carboxylic acids is 1. The van der Waals surface area contributed by atoms with E-state index in [2.05, 4.69) is 0 Å². The fourth-order valence-electron chi connectivity index (χ4n) is 3.20. The number of carboxylic acid groups (broad SMARTS) is 1. The molecule has 0 saturated heterocycles. The van der Waals surface area contributed by atoms with E-state index >= 15 is 0 Å². The van der Waals surface area contributed by atoms with E-state index in [1.165, 1.54) is 6.92 Å². The van der Waals surface area contributed by atoms with Crippen LogP contribution in [0.15, 0.2) is 48.5 Å². The second-order valence-corrected chi connectivity index (χ2v) is 6.47. The molecule has 3 rings (SSSR count). The summed E-state index contributed by atoms with van der Waals surface area (Å²) in [6.45, 7) is 3.58. The van der Waals surface area contributed by atoms with Crippen molar-refractivity contribution < 1.29 is 24.2 Å². The molecule has 1 atom stereocenters. The van der Waals surface area contributed by atoms with Crippen LogP contribution < -0.4 is 10.5 Å². The fourth-order valence-corrected chi connectivity index (χ4v) is 3.20. The van der Waals surface area contributed by atoms with E-state index in [0.717, 1.165) is 5.56 Å². The molecule has 0 bridgehead atoms. The lowest BCUT2D eigenvalue weighted by Gasteiger charge is -2.12. The van der Waals surface area contributed by atoms with Crippen molar-refractivity contribution in [3.63, 3.8) is 0 Å². The number of carbonyl (C=O) groups is 3. The van der Waals surface area contributed by atoms with Gasteiger partial charge in [0.1, 0.15) is 5.75 Å². The highest BCUT2D eigenvalue weighted by Crippen LogP contribution is 2.35. The van der Waals surface area contributed by atoms with Crippen molar-refractivity contribution in [1.82, 2.24) is 4.57 Å². The number of carbonyl (C=O) groups excluding carboxylic acids is 2. The summed E-state index contributed by atoms with van der Waals surface area (Å²) < 4.78 is 7.45. The van der Waals surface area contributed by atoms with Crippen LogP contribution >= 0.6 is 0 Å². The molecule has 0 aliphatic rings. The number of Topliss-reactive ketones (excluding diaryl/α,β-unsaturated/α-hetero) is 1. The van der Waals surface area contributed by atoms with Crippen LogP contribution in [0.25, 0.3) is 10.9 Å². The molecule has 2 aromatic carbocycles. The summed E-state index contributed by atoms with van der Waals surface area (Å²) in [5.74, 6) is -2.84. The van der Waals surface area contributed by atoms with Gasteiger partial charge in [0, 0.05) is 12.2 Å². The van der Waals surface area contributed by atoms with Crippen molar-refractivity contribution in [2.75, 3.05) is 0 Å². The molecule has 1 heterocycles. The highest BCUT2D eigenvalue weighted by molar-refractivity contribution is 6.45. The van der Waals surface area contributed by atoms with Gasteiger partial charge in [-0.1, -0.05) is 36.4 Å². The van der Waals surface area contributed by atoms with E-state index in [0.29, 0.717) is 23.1 Å². The molecule has 1 amide bonds. The molecular weight excluding hydrogens is 360 g/mol. The van der Waals surface area contributed by atoms with Crippen molar-refractivity contribution in [1.29, 1.82) is 0 Å². The van der Waals surface area contributed by atoms with Crippen molar-refractivity contribution in [3.8, 4) is 5.75 Å². The maximum Gasteiger partial charge on any atom is 0.344 e. The lowest BCUT2D eigenvalue weighted by molar-refractivity contribution is -0.144. The smallest absolute Gasteiger partial charge is 0.344 e. The van der Waals surface area contributed by atoms with Gasteiger partial charge >= 0.3 is 5.97 Å². The monoisotopic (exact) mass is 380 g/mol. The lowest BCUT2D eigenvalue weighted by atomic mass is 10.1. The Morgan fingerprint density at radius 3 is 2.39 bits per heavy atom. The maximum atomic E-state index is 12.6. The number of nitrogens with two attached hydrogens (primary N) is 1. The van der Waals surface area contributed by atoms with Crippen LogP contribution in [0.2, 0.25) is 0 Å². The standard InChI is InChI=1S/C21H20N2O5/c1-12-17(19(24)20(22)25)18-15(23(12)11-14-7-4-3-5-8-14)9-6-10-16(18)28-13(2)21(26)27/h3-10,13H,11H2,1-2H3,(H2,22,25)(H,26,27)/t13-/m1/s1. The van der Waals surface area contributed by atoms with E-state index in [1.54, 1.807) is 25.1 Å². The first-order valence-corrected chi connectivity index (χ1v) is 8.70. The molecule has 7 heteroatoms. The zero-order valence-corrected chi connectivity index (χ0v) is 15.5. The number of primary amides is 1. The highest BCUT2D eigenvalue weighted by atomic mass is 16.5. The van der Waals surface area contributed by atoms with E-state index in [-0.39, 0.29) is 11.3 Å². The average molecular weight is 380 g/mol. The third-order valence-electron chi connectivity index (χ3n) is 4.60. The zero-order chi connectivity index (χ0) is 20.4. The summed E-state index contributed by atoms with van der Waals surface area (Å²) >= 11 is 0. The van der Waals surface area contributed by atoms with Gasteiger partial charge < -0.3 is 20.1 Å². The van der Waals surface area contributed by atoms with Crippen LogP contribution in [0.1, 0.15) is 28.5 Å². The number of aromatic nitrogens is 1. The molecule has 3 aromatic rings. The minimum Gasteiger partial charge on any atom is -0.479 e. The van der Waals surface area contributed by atoms with Gasteiger partial charge in [0.25, 0.3) is 11.7 Å². The Morgan fingerprint density at radius 2 is 1.79 bits per heavy atom. The second kappa shape index (κ2) is 7.56. The Bertz CT molecular complexity index is 1070. The van der Waals surface area contributed by atoms with Crippen molar-refractivity contribution in [3.05, 3.63) is 65.4 Å². The molecule has 144 valence electrons. The van der Waals surface area contributed by atoms with E-state index in [1.807, 2.05) is 34.9 Å². The summed E-state index contributed by atoms with van der Waals surface area (Å²) in [4.78, 5) is 35.4. The van der Waals surface area contributed by atoms with Crippen LogP contribution in [0.5, 0.6) is 5.75 Å².